The van der Waals surface area contributed by atoms with E-state index in [4.69, 9.17) is 4.74 Å². The average molecular weight is 457 g/mol. The molecule has 33 heavy (non-hydrogen) atoms. The molecule has 0 aliphatic heterocycles. The van der Waals surface area contributed by atoms with E-state index in [1.807, 2.05) is 24.3 Å². The average Bonchev–Trinajstić information content (AvgIpc) is 2.83. The minimum atomic E-state index is -4.30. The van der Waals surface area contributed by atoms with Crippen LogP contribution in [-0.4, -0.2) is 12.8 Å². The highest BCUT2D eigenvalue weighted by Crippen LogP contribution is 2.59. The lowest BCUT2D eigenvalue weighted by Gasteiger charge is -2.54. The SMILES string of the molecule is CCCCCC12CCC(c3ccc(-c4ccc(OCC=CC(F)(F)F)cc4)cc3)(CC1)CC2. The van der Waals surface area contributed by atoms with Crippen LogP contribution in [0.1, 0.15) is 76.7 Å². The second-order valence-electron chi connectivity index (χ2n) is 10.1. The monoisotopic (exact) mass is 456 g/mol. The zero-order valence-electron chi connectivity index (χ0n) is 19.6. The highest BCUT2D eigenvalue weighted by Gasteiger charge is 2.48. The van der Waals surface area contributed by atoms with E-state index in [1.54, 1.807) is 0 Å². The van der Waals surface area contributed by atoms with E-state index < -0.39 is 6.18 Å². The van der Waals surface area contributed by atoms with Crippen molar-refractivity contribution in [3.05, 3.63) is 66.2 Å². The number of allylic oxidation sites excluding steroid dienone is 1. The number of rotatable bonds is 9. The standard InChI is InChI=1S/C29H35F3O/c1-2-3-4-14-27-16-19-28(20-17-27,21-18-27)25-10-6-23(7-11-25)24-8-12-26(13-9-24)33-22-5-15-29(30,31)32/h5-13,15H,2-4,14,16-22H2,1H3. The molecule has 0 atom stereocenters. The number of ether oxygens (including phenoxy) is 1. The molecule has 5 rings (SSSR count). The van der Waals surface area contributed by atoms with Crippen molar-refractivity contribution in [2.45, 2.75) is 82.7 Å². The quantitative estimate of drug-likeness (QED) is 0.270. The minimum Gasteiger partial charge on any atom is -0.490 e. The third kappa shape index (κ3) is 5.83. The molecule has 4 heteroatoms. The first kappa shape index (κ1) is 23.9. The summed E-state index contributed by atoms with van der Waals surface area (Å²) in [5, 5.41) is 0. The maximum atomic E-state index is 12.1. The van der Waals surface area contributed by atoms with Crippen LogP contribution >= 0.6 is 0 Å². The van der Waals surface area contributed by atoms with Crippen molar-refractivity contribution in [1.82, 2.24) is 0 Å². The van der Waals surface area contributed by atoms with Crippen molar-refractivity contribution in [3.8, 4) is 16.9 Å². The molecule has 2 aromatic rings. The molecule has 0 saturated heterocycles. The predicted molar refractivity (Wildman–Crippen MR) is 129 cm³/mol. The summed E-state index contributed by atoms with van der Waals surface area (Å²) in [6, 6.07) is 16.6. The number of halogens is 3. The second-order valence-corrected chi connectivity index (χ2v) is 10.1. The minimum absolute atomic E-state index is 0.102. The Bertz CT molecular complexity index is 900. The second kappa shape index (κ2) is 9.95. The van der Waals surface area contributed by atoms with Gasteiger partial charge in [0.2, 0.25) is 0 Å². The molecule has 2 aromatic carbocycles. The van der Waals surface area contributed by atoms with Crippen molar-refractivity contribution in [2.24, 2.45) is 5.41 Å². The molecule has 0 unspecified atom stereocenters. The molecule has 3 fully saturated rings. The topological polar surface area (TPSA) is 9.23 Å². The Morgan fingerprint density at radius 3 is 1.94 bits per heavy atom. The Labute approximate surface area is 196 Å². The third-order valence-electron chi connectivity index (χ3n) is 8.05. The zero-order valence-corrected chi connectivity index (χ0v) is 19.6. The van der Waals surface area contributed by atoms with E-state index in [-0.39, 0.29) is 12.7 Å². The van der Waals surface area contributed by atoms with Crippen LogP contribution in [-0.2, 0) is 5.41 Å². The Morgan fingerprint density at radius 1 is 0.818 bits per heavy atom. The summed E-state index contributed by atoms with van der Waals surface area (Å²) in [4.78, 5) is 0. The Balaban J connectivity index is 1.35. The molecule has 3 aliphatic carbocycles. The van der Waals surface area contributed by atoms with Gasteiger partial charge in [-0.3, -0.25) is 0 Å². The largest absolute Gasteiger partial charge is 0.490 e. The summed E-state index contributed by atoms with van der Waals surface area (Å²) in [5.74, 6) is 0.563. The fourth-order valence-electron chi connectivity index (χ4n) is 5.91. The summed E-state index contributed by atoms with van der Waals surface area (Å²) in [6.45, 7) is 2.19. The molecule has 0 heterocycles. The number of hydrogen-bond acceptors (Lipinski definition) is 1. The smallest absolute Gasteiger partial charge is 0.409 e. The number of unbranched alkanes of at least 4 members (excludes halogenated alkanes) is 2. The van der Waals surface area contributed by atoms with Crippen molar-refractivity contribution in [2.75, 3.05) is 6.61 Å². The number of fused-ring (bicyclic) bond motifs is 3. The van der Waals surface area contributed by atoms with Gasteiger partial charge in [0.1, 0.15) is 12.4 Å². The Morgan fingerprint density at radius 2 is 1.39 bits per heavy atom. The van der Waals surface area contributed by atoms with Crippen LogP contribution in [0, 0.1) is 5.41 Å². The summed E-state index contributed by atoms with van der Waals surface area (Å²) < 4.78 is 41.8. The van der Waals surface area contributed by atoms with Gasteiger partial charge in [0.15, 0.2) is 0 Å². The lowest BCUT2D eigenvalue weighted by Crippen LogP contribution is -2.44. The molecule has 0 radical (unpaired) electrons. The Kier molecular flexibility index (Phi) is 7.21. The van der Waals surface area contributed by atoms with Crippen LogP contribution in [0.3, 0.4) is 0 Å². The molecule has 0 amide bonds. The third-order valence-corrected chi connectivity index (χ3v) is 8.05. The van der Waals surface area contributed by atoms with Gasteiger partial charge in [0.25, 0.3) is 0 Å². The first-order chi connectivity index (χ1) is 15.8. The lowest BCUT2D eigenvalue weighted by molar-refractivity contribution is -0.0801. The summed E-state index contributed by atoms with van der Waals surface area (Å²) >= 11 is 0. The van der Waals surface area contributed by atoms with E-state index in [1.165, 1.54) is 69.8 Å². The molecule has 2 bridgehead atoms. The molecule has 0 N–H and O–H groups in total. The van der Waals surface area contributed by atoms with E-state index in [9.17, 15) is 13.2 Å². The number of hydrogen-bond donors (Lipinski definition) is 0. The van der Waals surface area contributed by atoms with Gasteiger partial charge in [-0.1, -0.05) is 62.6 Å². The van der Waals surface area contributed by atoms with Crippen LogP contribution < -0.4 is 4.74 Å². The van der Waals surface area contributed by atoms with Gasteiger partial charge in [-0.15, -0.1) is 0 Å². The molecule has 0 aromatic heterocycles. The van der Waals surface area contributed by atoms with E-state index in [2.05, 4.69) is 31.2 Å². The van der Waals surface area contributed by atoms with Gasteiger partial charge >= 0.3 is 6.18 Å². The molecular formula is C29H35F3O. The van der Waals surface area contributed by atoms with Crippen molar-refractivity contribution >= 4 is 0 Å². The number of alkyl halides is 3. The molecule has 3 aliphatic rings. The molecular weight excluding hydrogens is 421 g/mol. The maximum Gasteiger partial charge on any atom is 0.409 e. The van der Waals surface area contributed by atoms with Gasteiger partial charge in [0, 0.05) is 6.08 Å². The Hall–Kier alpha value is -2.23. The summed E-state index contributed by atoms with van der Waals surface area (Å²) in [7, 11) is 0. The fourth-order valence-corrected chi connectivity index (χ4v) is 5.91. The maximum absolute atomic E-state index is 12.1. The zero-order chi connectivity index (χ0) is 23.4. The first-order valence-electron chi connectivity index (χ1n) is 12.4. The van der Waals surface area contributed by atoms with Crippen LogP contribution in [0.4, 0.5) is 13.2 Å². The predicted octanol–water partition coefficient (Wildman–Crippen LogP) is 9.02. The van der Waals surface area contributed by atoms with Crippen LogP contribution in [0.25, 0.3) is 11.1 Å². The molecule has 1 nitrogen and oxygen atoms in total. The van der Waals surface area contributed by atoms with Crippen molar-refractivity contribution < 1.29 is 17.9 Å². The van der Waals surface area contributed by atoms with Crippen LogP contribution in [0.5, 0.6) is 5.75 Å². The molecule has 3 saturated carbocycles. The van der Waals surface area contributed by atoms with Gasteiger partial charge in [-0.2, -0.15) is 13.2 Å². The van der Waals surface area contributed by atoms with Gasteiger partial charge in [-0.05, 0) is 90.7 Å². The van der Waals surface area contributed by atoms with Gasteiger partial charge in [-0.25, -0.2) is 0 Å². The van der Waals surface area contributed by atoms with Gasteiger partial charge < -0.3 is 4.74 Å². The van der Waals surface area contributed by atoms with E-state index >= 15 is 0 Å². The number of benzene rings is 2. The highest BCUT2D eigenvalue weighted by molar-refractivity contribution is 5.64. The van der Waals surface area contributed by atoms with E-state index in [0.717, 1.165) is 17.2 Å². The normalized spacial score (nSPS) is 25.0. The van der Waals surface area contributed by atoms with Crippen molar-refractivity contribution in [1.29, 1.82) is 0 Å². The lowest BCUT2D eigenvalue weighted by atomic mass is 9.51. The first-order valence-corrected chi connectivity index (χ1v) is 12.4. The van der Waals surface area contributed by atoms with Crippen molar-refractivity contribution in [3.63, 3.8) is 0 Å². The van der Waals surface area contributed by atoms with Gasteiger partial charge in [0.05, 0.1) is 0 Å². The molecule has 178 valence electrons. The van der Waals surface area contributed by atoms with E-state index in [0.29, 0.717) is 16.6 Å². The fraction of sp³-hybridized carbons (Fsp3) is 0.517. The summed E-state index contributed by atoms with van der Waals surface area (Å²) in [5.41, 5.74) is 4.72. The molecule has 0 spiro atoms. The van der Waals surface area contributed by atoms with Crippen LogP contribution in [0.2, 0.25) is 0 Å². The van der Waals surface area contributed by atoms with Crippen LogP contribution in [0.15, 0.2) is 60.7 Å². The summed E-state index contributed by atoms with van der Waals surface area (Å²) in [6.07, 6.45) is 10.5. The highest BCUT2D eigenvalue weighted by atomic mass is 19.4.